The molecule has 2 aromatic rings. The minimum absolute atomic E-state index is 0.0447. The lowest BCUT2D eigenvalue weighted by molar-refractivity contribution is -0.384. The number of carbonyl (C=O) groups excluding carboxylic acids is 1. The molecule has 0 fully saturated rings. The number of hydrogen-bond acceptors (Lipinski definition) is 6. The van der Waals surface area contributed by atoms with Crippen LogP contribution in [0.5, 0.6) is 11.5 Å². The van der Waals surface area contributed by atoms with Crippen molar-refractivity contribution in [1.82, 2.24) is 5.43 Å². The second-order valence-electron chi connectivity index (χ2n) is 4.83. The molecular formula is C17H17N3O5. The van der Waals surface area contributed by atoms with E-state index in [1.54, 1.807) is 0 Å². The van der Waals surface area contributed by atoms with E-state index in [-0.39, 0.29) is 12.3 Å². The lowest BCUT2D eigenvalue weighted by Crippen LogP contribution is -2.24. The number of nitro benzene ring substituents is 1. The molecule has 2 rings (SSSR count). The molecule has 0 radical (unpaired) electrons. The van der Waals surface area contributed by atoms with Crippen molar-refractivity contribution in [3.05, 3.63) is 64.2 Å². The molecule has 0 spiro atoms. The van der Waals surface area contributed by atoms with Crippen molar-refractivity contribution >= 4 is 17.8 Å². The van der Waals surface area contributed by atoms with E-state index in [2.05, 4.69) is 10.5 Å². The predicted molar refractivity (Wildman–Crippen MR) is 91.9 cm³/mol. The largest absolute Gasteiger partial charge is 0.494 e. The summed E-state index contributed by atoms with van der Waals surface area (Å²) in [5, 5.41) is 14.4. The zero-order chi connectivity index (χ0) is 18.1. The summed E-state index contributed by atoms with van der Waals surface area (Å²) in [4.78, 5) is 21.7. The van der Waals surface area contributed by atoms with Gasteiger partial charge in [0.25, 0.3) is 11.6 Å². The third-order valence-electron chi connectivity index (χ3n) is 3.01. The quantitative estimate of drug-likeness (QED) is 0.451. The van der Waals surface area contributed by atoms with E-state index >= 15 is 0 Å². The second kappa shape index (κ2) is 9.02. The Labute approximate surface area is 144 Å². The van der Waals surface area contributed by atoms with Gasteiger partial charge in [-0.15, -0.1) is 0 Å². The number of amides is 1. The number of nitrogens with zero attached hydrogens (tertiary/aromatic N) is 2. The van der Waals surface area contributed by atoms with Gasteiger partial charge in [0.05, 0.1) is 17.7 Å². The maximum atomic E-state index is 11.6. The molecule has 0 atom stereocenters. The van der Waals surface area contributed by atoms with Crippen LogP contribution in [-0.2, 0) is 4.79 Å². The van der Waals surface area contributed by atoms with Gasteiger partial charge in [0.15, 0.2) is 6.61 Å². The predicted octanol–water partition coefficient (Wildman–Crippen LogP) is 2.52. The highest BCUT2D eigenvalue weighted by molar-refractivity contribution is 5.83. The molecule has 2 aromatic carbocycles. The first kappa shape index (κ1) is 17.9. The average Bonchev–Trinajstić information content (AvgIpc) is 2.62. The maximum Gasteiger partial charge on any atom is 0.277 e. The highest BCUT2D eigenvalue weighted by Gasteiger charge is 2.06. The molecule has 1 N–H and O–H groups in total. The summed E-state index contributed by atoms with van der Waals surface area (Å²) in [6, 6.07) is 12.7. The van der Waals surface area contributed by atoms with Gasteiger partial charge >= 0.3 is 0 Å². The molecule has 0 bridgehead atoms. The Morgan fingerprint density at radius 2 is 1.72 bits per heavy atom. The van der Waals surface area contributed by atoms with Crippen LogP contribution in [0, 0.1) is 10.1 Å². The van der Waals surface area contributed by atoms with Crippen molar-refractivity contribution in [3.8, 4) is 11.5 Å². The van der Waals surface area contributed by atoms with E-state index < -0.39 is 10.8 Å². The molecule has 0 saturated heterocycles. The van der Waals surface area contributed by atoms with Gasteiger partial charge in [0, 0.05) is 12.1 Å². The Bertz CT molecular complexity index is 742. The highest BCUT2D eigenvalue weighted by Crippen LogP contribution is 2.17. The van der Waals surface area contributed by atoms with Crippen molar-refractivity contribution in [2.24, 2.45) is 5.10 Å². The molecular weight excluding hydrogens is 326 g/mol. The average molecular weight is 343 g/mol. The van der Waals surface area contributed by atoms with Crippen LogP contribution in [0.1, 0.15) is 12.5 Å². The first-order valence-electron chi connectivity index (χ1n) is 7.50. The molecule has 8 heteroatoms. The number of ether oxygens (including phenoxy) is 2. The van der Waals surface area contributed by atoms with Crippen LogP contribution >= 0.6 is 0 Å². The summed E-state index contributed by atoms with van der Waals surface area (Å²) < 4.78 is 10.6. The van der Waals surface area contributed by atoms with Gasteiger partial charge in [0.1, 0.15) is 11.5 Å². The topological polar surface area (TPSA) is 103 Å². The van der Waals surface area contributed by atoms with Crippen LogP contribution in [-0.4, -0.2) is 30.3 Å². The van der Waals surface area contributed by atoms with E-state index in [0.29, 0.717) is 12.4 Å². The number of benzene rings is 2. The lowest BCUT2D eigenvalue weighted by Gasteiger charge is -2.04. The Hall–Kier alpha value is -3.42. The molecule has 0 aliphatic rings. The number of nitrogens with one attached hydrogen (secondary N) is 1. The summed E-state index contributed by atoms with van der Waals surface area (Å²) in [7, 11) is 0. The van der Waals surface area contributed by atoms with Gasteiger partial charge in [-0.2, -0.15) is 5.10 Å². The summed E-state index contributed by atoms with van der Waals surface area (Å²) in [6.45, 7) is 2.25. The fourth-order valence-electron chi connectivity index (χ4n) is 1.84. The Morgan fingerprint density at radius 1 is 1.12 bits per heavy atom. The number of hydrazone groups is 1. The minimum Gasteiger partial charge on any atom is -0.494 e. The van der Waals surface area contributed by atoms with Crippen molar-refractivity contribution in [2.45, 2.75) is 6.92 Å². The van der Waals surface area contributed by atoms with Gasteiger partial charge in [-0.25, -0.2) is 5.43 Å². The third-order valence-corrected chi connectivity index (χ3v) is 3.01. The first-order valence-corrected chi connectivity index (χ1v) is 7.50. The molecule has 0 saturated carbocycles. The Kier molecular flexibility index (Phi) is 6.47. The van der Waals surface area contributed by atoms with Gasteiger partial charge < -0.3 is 9.47 Å². The first-order chi connectivity index (χ1) is 12.1. The smallest absolute Gasteiger partial charge is 0.277 e. The maximum absolute atomic E-state index is 11.6. The van der Waals surface area contributed by atoms with E-state index in [1.165, 1.54) is 30.5 Å². The second-order valence-corrected chi connectivity index (χ2v) is 4.83. The summed E-state index contributed by atoms with van der Waals surface area (Å²) in [5.74, 6) is 0.678. The molecule has 0 unspecified atom stereocenters. The van der Waals surface area contributed by atoms with Crippen LogP contribution in [0.25, 0.3) is 0 Å². The number of rotatable bonds is 8. The summed E-state index contributed by atoms with van der Waals surface area (Å²) in [6.07, 6.45) is 1.50. The summed E-state index contributed by atoms with van der Waals surface area (Å²) >= 11 is 0. The fourth-order valence-corrected chi connectivity index (χ4v) is 1.84. The zero-order valence-electron chi connectivity index (χ0n) is 13.5. The van der Waals surface area contributed by atoms with Crippen molar-refractivity contribution in [1.29, 1.82) is 0 Å². The molecule has 8 nitrogen and oxygen atoms in total. The lowest BCUT2D eigenvalue weighted by atomic mass is 10.2. The van der Waals surface area contributed by atoms with Gasteiger partial charge in [0.2, 0.25) is 0 Å². The van der Waals surface area contributed by atoms with E-state index in [0.717, 1.165) is 11.3 Å². The van der Waals surface area contributed by atoms with Crippen LogP contribution in [0.3, 0.4) is 0 Å². The number of carbonyl (C=O) groups is 1. The van der Waals surface area contributed by atoms with E-state index in [9.17, 15) is 14.9 Å². The fraction of sp³-hybridized carbons (Fsp3) is 0.176. The van der Waals surface area contributed by atoms with Gasteiger partial charge in [-0.05, 0) is 48.9 Å². The monoisotopic (exact) mass is 343 g/mol. The van der Waals surface area contributed by atoms with Gasteiger partial charge in [-0.1, -0.05) is 0 Å². The molecule has 0 heterocycles. The van der Waals surface area contributed by atoms with E-state index in [1.807, 2.05) is 31.2 Å². The van der Waals surface area contributed by atoms with Crippen molar-refractivity contribution in [2.75, 3.05) is 13.2 Å². The number of non-ortho nitro benzene ring substituents is 1. The standard InChI is InChI=1S/C17H17N3O5/c1-2-24-15-7-3-13(4-8-15)11-18-19-17(21)12-25-16-9-5-14(6-10-16)20(22)23/h3-11H,2,12H2,1H3,(H,19,21)/b18-11-. The SMILES string of the molecule is CCOc1ccc(/C=N\NC(=O)COc2ccc([N+](=O)[O-])cc2)cc1. The molecule has 0 aliphatic heterocycles. The molecule has 0 aliphatic carbocycles. The number of hydrogen-bond donors (Lipinski definition) is 1. The zero-order valence-corrected chi connectivity index (χ0v) is 13.5. The van der Waals surface area contributed by atoms with Crippen LogP contribution in [0.2, 0.25) is 0 Å². The number of nitro groups is 1. The van der Waals surface area contributed by atoms with Crippen LogP contribution in [0.4, 0.5) is 5.69 Å². The molecule has 130 valence electrons. The summed E-state index contributed by atoms with van der Waals surface area (Å²) in [5.41, 5.74) is 3.10. The Morgan fingerprint density at radius 3 is 2.32 bits per heavy atom. The Balaban J connectivity index is 1.77. The molecule has 0 aromatic heterocycles. The van der Waals surface area contributed by atoms with Crippen molar-refractivity contribution < 1.29 is 19.2 Å². The normalized spacial score (nSPS) is 10.4. The third kappa shape index (κ3) is 5.94. The van der Waals surface area contributed by atoms with Crippen molar-refractivity contribution in [3.63, 3.8) is 0 Å². The van der Waals surface area contributed by atoms with Crippen LogP contribution < -0.4 is 14.9 Å². The van der Waals surface area contributed by atoms with Gasteiger partial charge in [-0.3, -0.25) is 14.9 Å². The minimum atomic E-state index is -0.508. The molecule has 25 heavy (non-hydrogen) atoms. The van der Waals surface area contributed by atoms with E-state index in [4.69, 9.17) is 9.47 Å². The molecule has 1 amide bonds. The highest BCUT2D eigenvalue weighted by atomic mass is 16.6. The van der Waals surface area contributed by atoms with Crippen LogP contribution in [0.15, 0.2) is 53.6 Å².